The maximum Gasteiger partial charge on any atom is 0.220 e. The molecule has 6 N–H and O–H groups in total. The van der Waals surface area contributed by atoms with Crippen LogP contribution in [0.3, 0.4) is 0 Å². The van der Waals surface area contributed by atoms with Gasteiger partial charge in [-0.1, -0.05) is 167 Å². The Labute approximate surface area is 318 Å². The monoisotopic (exact) mass is 742 g/mol. The van der Waals surface area contributed by atoms with Crippen molar-refractivity contribution in [3.63, 3.8) is 0 Å². The van der Waals surface area contributed by atoms with Gasteiger partial charge in [-0.3, -0.25) is 4.79 Å². The van der Waals surface area contributed by atoms with Crippen LogP contribution in [0.4, 0.5) is 0 Å². The summed E-state index contributed by atoms with van der Waals surface area (Å²) in [5, 5.41) is 54.2. The summed E-state index contributed by atoms with van der Waals surface area (Å²) >= 11 is 0. The maximum absolute atomic E-state index is 12.9. The minimum atomic E-state index is -1.55. The second-order valence-electron chi connectivity index (χ2n) is 15.5. The van der Waals surface area contributed by atoms with Crippen LogP contribution in [0, 0.1) is 0 Å². The van der Waals surface area contributed by atoms with E-state index in [-0.39, 0.29) is 12.5 Å². The Morgan fingerprint density at radius 3 is 1.56 bits per heavy atom. The number of allylic oxidation sites excluding steroid dienone is 2. The molecular weight excluding hydrogens is 658 g/mol. The SMILES string of the molecule is CCCCCCCCCCC/C=C\CCCCCCCC(=O)NC(COC1OC(CO)C(O)C(O)C1O)C(O)CCCCCCCCCCCCC. The van der Waals surface area contributed by atoms with Crippen LogP contribution in [0.25, 0.3) is 0 Å². The summed E-state index contributed by atoms with van der Waals surface area (Å²) in [4.78, 5) is 12.9. The Morgan fingerprint density at radius 1 is 0.635 bits per heavy atom. The van der Waals surface area contributed by atoms with Gasteiger partial charge >= 0.3 is 0 Å². The van der Waals surface area contributed by atoms with Gasteiger partial charge in [-0.2, -0.15) is 0 Å². The van der Waals surface area contributed by atoms with E-state index < -0.39 is 49.5 Å². The summed E-state index contributed by atoms with van der Waals surface area (Å²) in [6.07, 6.45) is 30.7. The topological polar surface area (TPSA) is 149 Å². The number of nitrogens with one attached hydrogen (secondary N) is 1. The predicted octanol–water partition coefficient (Wildman–Crippen LogP) is 8.56. The first-order valence-corrected chi connectivity index (χ1v) is 21.9. The molecule has 9 heteroatoms. The van der Waals surface area contributed by atoms with Gasteiger partial charge in [-0.15, -0.1) is 0 Å². The maximum atomic E-state index is 12.9. The van der Waals surface area contributed by atoms with Crippen LogP contribution < -0.4 is 5.32 Å². The molecule has 1 aliphatic heterocycles. The number of aliphatic hydroxyl groups excluding tert-OH is 5. The van der Waals surface area contributed by atoms with E-state index in [4.69, 9.17) is 9.47 Å². The van der Waals surface area contributed by atoms with Crippen molar-refractivity contribution in [2.45, 2.75) is 243 Å². The quantitative estimate of drug-likeness (QED) is 0.0277. The summed E-state index contributed by atoms with van der Waals surface area (Å²) in [7, 11) is 0. The van der Waals surface area contributed by atoms with Gasteiger partial charge in [0.2, 0.25) is 5.91 Å². The molecule has 308 valence electrons. The zero-order chi connectivity index (χ0) is 38.1. The van der Waals surface area contributed by atoms with E-state index >= 15 is 0 Å². The molecule has 0 aliphatic carbocycles. The molecule has 0 bridgehead atoms. The standard InChI is InChI=1S/C43H83NO8/c1-3-5-7-9-11-13-15-16-17-18-19-20-21-23-25-27-29-31-33-39(47)44-36(35-51-43-42(50)41(49)40(48)38(34-45)52-43)37(46)32-30-28-26-24-22-14-12-10-8-6-4-2/h19-20,36-38,40-43,45-46,48-50H,3-18,21-35H2,1-2H3,(H,44,47)/b20-19-. The van der Waals surface area contributed by atoms with E-state index in [1.165, 1.54) is 122 Å². The Balaban J connectivity index is 2.33. The Morgan fingerprint density at radius 2 is 1.08 bits per heavy atom. The van der Waals surface area contributed by atoms with Crippen molar-refractivity contribution in [2.75, 3.05) is 13.2 Å². The van der Waals surface area contributed by atoms with Gasteiger partial charge in [0, 0.05) is 6.42 Å². The Bertz CT molecular complexity index is 827. The lowest BCUT2D eigenvalue weighted by Crippen LogP contribution is -2.60. The molecule has 52 heavy (non-hydrogen) atoms. The van der Waals surface area contributed by atoms with Crippen molar-refractivity contribution in [1.82, 2.24) is 5.32 Å². The third kappa shape index (κ3) is 25.1. The molecule has 1 aliphatic rings. The summed E-state index contributed by atoms with van der Waals surface area (Å²) in [5.41, 5.74) is 0. The highest BCUT2D eigenvalue weighted by atomic mass is 16.7. The number of carbonyl (C=O) groups excluding carboxylic acids is 1. The second-order valence-corrected chi connectivity index (χ2v) is 15.5. The van der Waals surface area contributed by atoms with Gasteiger partial charge in [0.25, 0.3) is 0 Å². The molecule has 0 aromatic heterocycles. The zero-order valence-electron chi connectivity index (χ0n) is 33.6. The number of unbranched alkanes of at least 4 members (excludes halogenated alkanes) is 24. The van der Waals surface area contributed by atoms with Gasteiger partial charge in [0.05, 0.1) is 25.4 Å². The fourth-order valence-corrected chi connectivity index (χ4v) is 7.04. The van der Waals surface area contributed by atoms with Gasteiger partial charge in [0.15, 0.2) is 6.29 Å². The van der Waals surface area contributed by atoms with E-state index in [1.54, 1.807) is 0 Å². The number of aliphatic hydroxyl groups is 5. The number of carbonyl (C=O) groups is 1. The predicted molar refractivity (Wildman–Crippen MR) is 212 cm³/mol. The number of hydrogen-bond donors (Lipinski definition) is 6. The molecule has 1 amide bonds. The molecule has 1 fully saturated rings. The fourth-order valence-electron chi connectivity index (χ4n) is 7.04. The molecule has 0 aromatic rings. The molecular formula is C43H83NO8. The first-order chi connectivity index (χ1) is 25.3. The van der Waals surface area contributed by atoms with Crippen molar-refractivity contribution in [3.05, 3.63) is 12.2 Å². The summed E-state index contributed by atoms with van der Waals surface area (Å²) in [6.45, 7) is 3.81. The summed E-state index contributed by atoms with van der Waals surface area (Å²) in [6, 6.07) is -0.717. The first-order valence-electron chi connectivity index (χ1n) is 21.9. The largest absolute Gasteiger partial charge is 0.394 e. The van der Waals surface area contributed by atoms with Crippen molar-refractivity contribution in [1.29, 1.82) is 0 Å². The lowest BCUT2D eigenvalue weighted by atomic mass is 9.99. The average molecular weight is 742 g/mol. The molecule has 1 saturated heterocycles. The Kier molecular flexibility index (Phi) is 32.4. The highest BCUT2D eigenvalue weighted by Crippen LogP contribution is 2.23. The highest BCUT2D eigenvalue weighted by molar-refractivity contribution is 5.76. The van der Waals surface area contributed by atoms with Crippen LogP contribution in [-0.2, 0) is 14.3 Å². The molecule has 0 aromatic carbocycles. The number of rotatable bonds is 36. The minimum Gasteiger partial charge on any atom is -0.394 e. The Hall–Kier alpha value is -1.07. The molecule has 1 heterocycles. The van der Waals surface area contributed by atoms with Crippen molar-refractivity contribution < 1.29 is 39.8 Å². The van der Waals surface area contributed by atoms with E-state index in [0.717, 1.165) is 51.4 Å². The fraction of sp³-hybridized carbons (Fsp3) is 0.930. The summed E-state index contributed by atoms with van der Waals surface area (Å²) in [5.74, 6) is -0.153. The molecule has 1 rings (SSSR count). The van der Waals surface area contributed by atoms with Crippen LogP contribution in [0.2, 0.25) is 0 Å². The van der Waals surface area contributed by atoms with Crippen LogP contribution in [0.1, 0.15) is 200 Å². The van der Waals surface area contributed by atoms with E-state index in [2.05, 4.69) is 31.3 Å². The number of hydrogen-bond acceptors (Lipinski definition) is 8. The molecule has 0 saturated carbocycles. The molecule has 7 unspecified atom stereocenters. The average Bonchev–Trinajstić information content (AvgIpc) is 3.14. The van der Waals surface area contributed by atoms with Crippen LogP contribution in [-0.4, -0.2) is 87.5 Å². The van der Waals surface area contributed by atoms with Gasteiger partial charge in [0.1, 0.15) is 24.4 Å². The first kappa shape index (κ1) is 48.9. The van der Waals surface area contributed by atoms with Crippen LogP contribution in [0.15, 0.2) is 12.2 Å². The molecule has 9 nitrogen and oxygen atoms in total. The molecule has 7 atom stereocenters. The normalized spacial score (nSPS) is 21.9. The smallest absolute Gasteiger partial charge is 0.220 e. The minimum absolute atomic E-state index is 0.139. The van der Waals surface area contributed by atoms with Crippen molar-refractivity contribution in [2.24, 2.45) is 0 Å². The van der Waals surface area contributed by atoms with Gasteiger partial charge in [-0.05, 0) is 38.5 Å². The summed E-state index contributed by atoms with van der Waals surface area (Å²) < 4.78 is 11.2. The zero-order valence-corrected chi connectivity index (χ0v) is 33.6. The van der Waals surface area contributed by atoms with Gasteiger partial charge < -0.3 is 40.3 Å². The molecule has 0 radical (unpaired) electrons. The molecule has 0 spiro atoms. The van der Waals surface area contributed by atoms with Crippen LogP contribution in [0.5, 0.6) is 0 Å². The lowest BCUT2D eigenvalue weighted by molar-refractivity contribution is -0.302. The van der Waals surface area contributed by atoms with E-state index in [1.807, 2.05) is 0 Å². The lowest BCUT2D eigenvalue weighted by Gasteiger charge is -2.40. The van der Waals surface area contributed by atoms with E-state index in [9.17, 15) is 30.3 Å². The second kappa shape index (κ2) is 34.4. The highest BCUT2D eigenvalue weighted by Gasteiger charge is 2.44. The van der Waals surface area contributed by atoms with E-state index in [0.29, 0.717) is 12.8 Å². The number of ether oxygens (including phenoxy) is 2. The number of amides is 1. The third-order valence-corrected chi connectivity index (χ3v) is 10.6. The van der Waals surface area contributed by atoms with Crippen molar-refractivity contribution in [3.8, 4) is 0 Å². The van der Waals surface area contributed by atoms with Crippen molar-refractivity contribution >= 4 is 5.91 Å². The van der Waals surface area contributed by atoms with Crippen LogP contribution >= 0.6 is 0 Å². The third-order valence-electron chi connectivity index (χ3n) is 10.6. The van der Waals surface area contributed by atoms with Gasteiger partial charge in [-0.25, -0.2) is 0 Å².